The summed E-state index contributed by atoms with van der Waals surface area (Å²) in [5.74, 6) is 0.560. The number of nitrogens with zero attached hydrogens (tertiary/aromatic N) is 4. The molecule has 0 saturated carbocycles. The average Bonchev–Trinajstić information content (AvgIpc) is 2.69. The van der Waals surface area contributed by atoms with Gasteiger partial charge in [0.2, 0.25) is 0 Å². The maximum Gasteiger partial charge on any atom is 0.269 e. The molecule has 2 aromatic heterocycles. The van der Waals surface area contributed by atoms with Gasteiger partial charge in [-0.3, -0.25) is 24.8 Å². The Balaban J connectivity index is 1.53. The van der Waals surface area contributed by atoms with Gasteiger partial charge in [-0.25, -0.2) is 4.98 Å². The molecule has 8 nitrogen and oxygen atoms in total. The van der Waals surface area contributed by atoms with Crippen LogP contribution in [0.1, 0.15) is 16.8 Å². The number of nitro groups is 1. The van der Waals surface area contributed by atoms with Crippen LogP contribution in [0.15, 0.2) is 53.6 Å². The third-order valence-electron chi connectivity index (χ3n) is 4.65. The van der Waals surface area contributed by atoms with E-state index in [1.807, 2.05) is 12.1 Å². The van der Waals surface area contributed by atoms with Crippen LogP contribution >= 0.6 is 0 Å². The van der Waals surface area contributed by atoms with Crippen LogP contribution in [-0.2, 0) is 19.5 Å². The highest BCUT2D eigenvalue weighted by Crippen LogP contribution is 2.20. The lowest BCUT2D eigenvalue weighted by molar-refractivity contribution is -0.384. The minimum atomic E-state index is -0.410. The molecule has 0 unspecified atom stereocenters. The third kappa shape index (κ3) is 3.61. The Kier molecular flexibility index (Phi) is 4.47. The van der Waals surface area contributed by atoms with E-state index >= 15 is 0 Å². The number of rotatable bonds is 4. The highest BCUT2D eigenvalue weighted by Gasteiger charge is 2.21. The zero-order valence-corrected chi connectivity index (χ0v) is 14.5. The Bertz CT molecular complexity index is 1030. The molecule has 136 valence electrons. The molecule has 3 aromatic rings. The Labute approximate surface area is 154 Å². The number of nitro benzene ring substituents is 1. The number of pyridine rings is 1. The highest BCUT2D eigenvalue weighted by molar-refractivity contribution is 5.54. The highest BCUT2D eigenvalue weighted by atomic mass is 16.6. The Morgan fingerprint density at radius 1 is 1.15 bits per heavy atom. The summed E-state index contributed by atoms with van der Waals surface area (Å²) in [6.45, 7) is 1.91. The SMILES string of the molecule is O=c1[nH]c(-c2ccncc2)nc2c1CN(Cc1ccc([N+](=O)[O-])cc1)CC2. The van der Waals surface area contributed by atoms with Gasteiger partial charge in [0, 0.05) is 56.1 Å². The quantitative estimate of drug-likeness (QED) is 0.563. The van der Waals surface area contributed by atoms with E-state index in [-0.39, 0.29) is 11.2 Å². The number of non-ortho nitro benzene ring substituents is 1. The summed E-state index contributed by atoms with van der Waals surface area (Å²) in [4.78, 5) is 36.5. The first-order valence-corrected chi connectivity index (χ1v) is 8.58. The minimum Gasteiger partial charge on any atom is -0.306 e. The molecule has 0 saturated heterocycles. The van der Waals surface area contributed by atoms with Crippen molar-refractivity contribution < 1.29 is 4.92 Å². The zero-order chi connectivity index (χ0) is 18.8. The van der Waals surface area contributed by atoms with E-state index in [9.17, 15) is 14.9 Å². The molecule has 8 heteroatoms. The van der Waals surface area contributed by atoms with Crippen molar-refractivity contribution in [1.29, 1.82) is 0 Å². The second kappa shape index (κ2) is 7.08. The maximum atomic E-state index is 12.6. The maximum absolute atomic E-state index is 12.6. The molecular formula is C19H17N5O3. The summed E-state index contributed by atoms with van der Waals surface area (Å²) in [6.07, 6.45) is 4.02. The fourth-order valence-corrected chi connectivity index (χ4v) is 3.24. The summed E-state index contributed by atoms with van der Waals surface area (Å²) >= 11 is 0. The molecule has 1 N–H and O–H groups in total. The van der Waals surface area contributed by atoms with Gasteiger partial charge in [-0.2, -0.15) is 0 Å². The smallest absolute Gasteiger partial charge is 0.269 e. The fraction of sp³-hybridized carbons (Fsp3) is 0.211. The summed E-state index contributed by atoms with van der Waals surface area (Å²) < 4.78 is 0. The first-order chi connectivity index (χ1) is 13.1. The lowest BCUT2D eigenvalue weighted by Gasteiger charge is -2.27. The third-order valence-corrected chi connectivity index (χ3v) is 4.65. The number of benzene rings is 1. The van der Waals surface area contributed by atoms with Gasteiger partial charge >= 0.3 is 0 Å². The van der Waals surface area contributed by atoms with Crippen LogP contribution in [0.3, 0.4) is 0 Å². The molecule has 0 atom stereocenters. The molecule has 1 aliphatic heterocycles. The van der Waals surface area contributed by atoms with Crippen molar-refractivity contribution in [3.63, 3.8) is 0 Å². The van der Waals surface area contributed by atoms with E-state index in [4.69, 9.17) is 0 Å². The zero-order valence-electron chi connectivity index (χ0n) is 14.5. The van der Waals surface area contributed by atoms with Gasteiger partial charge in [-0.15, -0.1) is 0 Å². The first kappa shape index (κ1) is 17.0. The van der Waals surface area contributed by atoms with E-state index in [0.717, 1.165) is 23.4 Å². The monoisotopic (exact) mass is 363 g/mol. The molecule has 27 heavy (non-hydrogen) atoms. The summed E-state index contributed by atoms with van der Waals surface area (Å²) in [6, 6.07) is 10.1. The van der Waals surface area contributed by atoms with E-state index in [1.165, 1.54) is 12.1 Å². The number of aromatic amines is 1. The summed E-state index contributed by atoms with van der Waals surface area (Å²) in [5, 5.41) is 10.8. The van der Waals surface area contributed by atoms with Crippen LogP contribution in [0, 0.1) is 10.1 Å². The molecule has 0 radical (unpaired) electrons. The van der Waals surface area contributed by atoms with Gasteiger partial charge in [0.1, 0.15) is 5.82 Å². The van der Waals surface area contributed by atoms with Crippen LogP contribution in [0.25, 0.3) is 11.4 Å². The van der Waals surface area contributed by atoms with Gasteiger partial charge < -0.3 is 4.98 Å². The predicted octanol–water partition coefficient (Wildman–Crippen LogP) is 2.30. The molecule has 0 bridgehead atoms. The van der Waals surface area contributed by atoms with Gasteiger partial charge in [0.25, 0.3) is 11.2 Å². The minimum absolute atomic E-state index is 0.0759. The summed E-state index contributed by atoms with van der Waals surface area (Å²) in [7, 11) is 0. The number of hydrogen-bond acceptors (Lipinski definition) is 6. The normalized spacial score (nSPS) is 13.9. The number of nitrogens with one attached hydrogen (secondary N) is 1. The summed E-state index contributed by atoms with van der Waals surface area (Å²) in [5.41, 5.74) is 3.26. The Morgan fingerprint density at radius 2 is 1.89 bits per heavy atom. The molecular weight excluding hydrogens is 346 g/mol. The van der Waals surface area contributed by atoms with Crippen molar-refractivity contribution in [3.05, 3.63) is 86.1 Å². The molecule has 0 amide bonds. The van der Waals surface area contributed by atoms with Gasteiger partial charge in [0.05, 0.1) is 16.2 Å². The van der Waals surface area contributed by atoms with Gasteiger partial charge in [0.15, 0.2) is 0 Å². The number of H-pyrrole nitrogens is 1. The molecule has 0 fully saturated rings. The van der Waals surface area contributed by atoms with Crippen LogP contribution in [0.4, 0.5) is 5.69 Å². The molecule has 3 heterocycles. The Morgan fingerprint density at radius 3 is 2.59 bits per heavy atom. The van der Waals surface area contributed by atoms with Gasteiger partial charge in [-0.1, -0.05) is 12.1 Å². The standard InChI is InChI=1S/C19H17N5O3/c25-19-16-12-23(11-13-1-3-15(4-2-13)24(26)27)10-7-17(16)21-18(22-19)14-5-8-20-9-6-14/h1-6,8-9H,7,10-12H2,(H,21,22,25). The van der Waals surface area contributed by atoms with Crippen LogP contribution in [0.2, 0.25) is 0 Å². The molecule has 4 rings (SSSR count). The lowest BCUT2D eigenvalue weighted by atomic mass is 10.1. The van der Waals surface area contributed by atoms with Crippen molar-refractivity contribution in [2.45, 2.75) is 19.5 Å². The lowest BCUT2D eigenvalue weighted by Crippen LogP contribution is -2.35. The number of aromatic nitrogens is 3. The van der Waals surface area contributed by atoms with Crippen molar-refractivity contribution in [2.75, 3.05) is 6.54 Å². The molecule has 0 aliphatic carbocycles. The predicted molar refractivity (Wildman–Crippen MR) is 99.0 cm³/mol. The fourth-order valence-electron chi connectivity index (χ4n) is 3.24. The number of hydrogen-bond donors (Lipinski definition) is 1. The molecule has 0 spiro atoms. The number of fused-ring (bicyclic) bond motifs is 1. The van der Waals surface area contributed by atoms with E-state index in [0.29, 0.717) is 30.9 Å². The second-order valence-corrected chi connectivity index (χ2v) is 6.46. The topological polar surface area (TPSA) is 105 Å². The van der Waals surface area contributed by atoms with E-state index in [2.05, 4.69) is 19.9 Å². The van der Waals surface area contributed by atoms with Crippen LogP contribution in [0.5, 0.6) is 0 Å². The van der Waals surface area contributed by atoms with E-state index in [1.54, 1.807) is 24.5 Å². The van der Waals surface area contributed by atoms with Crippen LogP contribution in [-0.4, -0.2) is 31.3 Å². The van der Waals surface area contributed by atoms with E-state index < -0.39 is 4.92 Å². The second-order valence-electron chi connectivity index (χ2n) is 6.46. The molecule has 1 aliphatic rings. The van der Waals surface area contributed by atoms with Crippen molar-refractivity contribution in [2.24, 2.45) is 0 Å². The van der Waals surface area contributed by atoms with Gasteiger partial charge in [-0.05, 0) is 17.7 Å². The van der Waals surface area contributed by atoms with Crippen molar-refractivity contribution in [3.8, 4) is 11.4 Å². The average molecular weight is 363 g/mol. The first-order valence-electron chi connectivity index (χ1n) is 8.58. The Hall–Kier alpha value is -3.39. The largest absolute Gasteiger partial charge is 0.306 e. The molecule has 1 aromatic carbocycles. The van der Waals surface area contributed by atoms with Crippen LogP contribution < -0.4 is 5.56 Å². The van der Waals surface area contributed by atoms with Crippen molar-refractivity contribution >= 4 is 5.69 Å². The van der Waals surface area contributed by atoms with Crippen molar-refractivity contribution in [1.82, 2.24) is 19.9 Å².